The zero-order valence-corrected chi connectivity index (χ0v) is 16.8. The average Bonchev–Trinajstić information content (AvgIpc) is 2.49. The van der Waals surface area contributed by atoms with E-state index in [1.54, 1.807) is 0 Å². The third-order valence-corrected chi connectivity index (χ3v) is 6.35. The molecule has 6 heteroatoms. The van der Waals surface area contributed by atoms with Crippen molar-refractivity contribution in [3.8, 4) is 0 Å². The number of nitrogens with one attached hydrogen (secondary N) is 2. The lowest BCUT2D eigenvalue weighted by molar-refractivity contribution is -0.123. The minimum Gasteiger partial charge on any atom is -0.353 e. The molecule has 2 N–H and O–H groups in total. The van der Waals surface area contributed by atoms with E-state index in [0.29, 0.717) is 36.4 Å². The van der Waals surface area contributed by atoms with Gasteiger partial charge in [0, 0.05) is 24.5 Å². The van der Waals surface area contributed by atoms with Crippen LogP contribution in [0.15, 0.2) is 0 Å². The number of rotatable bonds is 4. The van der Waals surface area contributed by atoms with E-state index in [-0.39, 0.29) is 30.7 Å². The maximum Gasteiger partial charge on any atom is 0.220 e. The smallest absolute Gasteiger partial charge is 0.220 e. The topological polar surface area (TPSA) is 44.4 Å². The molecule has 1 amide bonds. The van der Waals surface area contributed by atoms with E-state index in [9.17, 15) is 4.79 Å². The second-order valence-corrected chi connectivity index (χ2v) is 7.93. The highest BCUT2D eigenvalue weighted by atomic mass is 35.5. The number of hydrogen-bond acceptors (Lipinski definition) is 3. The number of nitrogens with zero attached hydrogens (tertiary/aromatic N) is 1. The first-order valence-corrected chi connectivity index (χ1v) is 9.35. The van der Waals surface area contributed by atoms with Crippen LogP contribution < -0.4 is 10.6 Å². The first-order chi connectivity index (χ1) is 10.6. The second-order valence-electron chi connectivity index (χ2n) is 7.93. The van der Waals surface area contributed by atoms with Crippen LogP contribution >= 0.6 is 24.8 Å². The van der Waals surface area contributed by atoms with Gasteiger partial charge >= 0.3 is 0 Å². The quantitative estimate of drug-likeness (QED) is 0.788. The van der Waals surface area contributed by atoms with Crippen molar-refractivity contribution < 1.29 is 4.79 Å². The Bertz CT molecular complexity index is 376. The summed E-state index contributed by atoms with van der Waals surface area (Å²) in [6, 6.07) is 1.80. The van der Waals surface area contributed by atoms with Crippen LogP contribution in [0.3, 0.4) is 0 Å². The Morgan fingerprint density at radius 2 is 1.83 bits per heavy atom. The van der Waals surface area contributed by atoms with Gasteiger partial charge in [0.1, 0.15) is 0 Å². The van der Waals surface area contributed by atoms with E-state index < -0.39 is 0 Å². The molecule has 0 radical (unpaired) electrons. The fraction of sp³-hybridized carbons (Fsp3) is 0.944. The molecular weight excluding hydrogens is 345 g/mol. The molecule has 0 aromatic rings. The number of carbonyl (C=O) groups is 1. The molecule has 2 bridgehead atoms. The summed E-state index contributed by atoms with van der Waals surface area (Å²) in [4.78, 5) is 15.0. The molecular formula is C18H35Cl2N3O. The molecule has 142 valence electrons. The van der Waals surface area contributed by atoms with Crippen LogP contribution in [-0.2, 0) is 4.79 Å². The molecule has 4 nitrogen and oxygen atoms in total. The summed E-state index contributed by atoms with van der Waals surface area (Å²) in [5.74, 6) is 1.46. The Hall–Kier alpha value is -0.0300. The summed E-state index contributed by atoms with van der Waals surface area (Å²) >= 11 is 0. The van der Waals surface area contributed by atoms with Crippen molar-refractivity contribution in [2.75, 3.05) is 20.1 Å². The number of piperidine rings is 3. The predicted molar refractivity (Wildman–Crippen MR) is 104 cm³/mol. The lowest BCUT2D eigenvalue weighted by Crippen LogP contribution is -2.55. The van der Waals surface area contributed by atoms with Gasteiger partial charge in [-0.1, -0.05) is 13.3 Å². The summed E-state index contributed by atoms with van der Waals surface area (Å²) < 4.78 is 0. The largest absolute Gasteiger partial charge is 0.353 e. The summed E-state index contributed by atoms with van der Waals surface area (Å²) in [6.45, 7) is 4.49. The number of hydrogen-bond donors (Lipinski definition) is 2. The Morgan fingerprint density at radius 1 is 1.17 bits per heavy atom. The van der Waals surface area contributed by atoms with Crippen LogP contribution in [0.2, 0.25) is 0 Å². The van der Waals surface area contributed by atoms with Crippen molar-refractivity contribution in [3.63, 3.8) is 0 Å². The number of fused-ring (bicyclic) bond motifs is 2. The zero-order chi connectivity index (χ0) is 15.5. The molecule has 3 aliphatic rings. The first-order valence-electron chi connectivity index (χ1n) is 9.35. The molecule has 3 saturated heterocycles. The number of carbonyl (C=O) groups excluding carboxylic acids is 1. The number of halogens is 2. The summed E-state index contributed by atoms with van der Waals surface area (Å²) in [5, 5.41) is 6.82. The van der Waals surface area contributed by atoms with E-state index in [4.69, 9.17) is 0 Å². The van der Waals surface area contributed by atoms with Crippen molar-refractivity contribution in [3.05, 3.63) is 0 Å². The standard InChI is InChI=1S/C18H33N3O.2ClH/c1-13(14-5-4-8-19-12-14)9-18(22)20-15-10-16-6-3-7-17(11-15)21(16)2;;/h13-17,19H,3-12H2,1-2H3,(H,20,22);2*1H. The van der Waals surface area contributed by atoms with Crippen LogP contribution in [0.5, 0.6) is 0 Å². The first kappa shape index (κ1) is 22.0. The zero-order valence-electron chi connectivity index (χ0n) is 15.1. The van der Waals surface area contributed by atoms with Crippen molar-refractivity contribution in [2.24, 2.45) is 11.8 Å². The molecule has 3 heterocycles. The van der Waals surface area contributed by atoms with Crippen LogP contribution in [0, 0.1) is 11.8 Å². The molecule has 0 spiro atoms. The summed E-state index contributed by atoms with van der Waals surface area (Å²) in [6.07, 6.45) is 9.53. The minimum atomic E-state index is 0. The Labute approximate surface area is 159 Å². The van der Waals surface area contributed by atoms with E-state index in [2.05, 4.69) is 29.5 Å². The molecule has 24 heavy (non-hydrogen) atoms. The van der Waals surface area contributed by atoms with E-state index in [1.807, 2.05) is 0 Å². The van der Waals surface area contributed by atoms with Gasteiger partial charge in [0.05, 0.1) is 0 Å². The van der Waals surface area contributed by atoms with Gasteiger partial charge in [-0.15, -0.1) is 24.8 Å². The average molecular weight is 380 g/mol. The van der Waals surface area contributed by atoms with E-state index in [1.165, 1.54) is 32.1 Å². The molecule has 3 aliphatic heterocycles. The van der Waals surface area contributed by atoms with Gasteiger partial charge in [-0.3, -0.25) is 4.79 Å². The lowest BCUT2D eigenvalue weighted by atomic mass is 9.82. The normalized spacial score (nSPS) is 34.4. The molecule has 4 unspecified atom stereocenters. The van der Waals surface area contributed by atoms with Gasteiger partial charge in [-0.2, -0.15) is 0 Å². The molecule has 0 aromatic carbocycles. The van der Waals surface area contributed by atoms with E-state index >= 15 is 0 Å². The van der Waals surface area contributed by atoms with Crippen molar-refractivity contribution >= 4 is 30.7 Å². The van der Waals surface area contributed by atoms with Gasteiger partial charge in [0.2, 0.25) is 5.91 Å². The maximum atomic E-state index is 12.4. The molecule has 0 saturated carbocycles. The minimum absolute atomic E-state index is 0. The fourth-order valence-electron chi connectivity index (χ4n) is 4.84. The van der Waals surface area contributed by atoms with Crippen molar-refractivity contribution in [2.45, 2.75) is 76.4 Å². The lowest BCUT2D eigenvalue weighted by Gasteiger charge is -2.47. The van der Waals surface area contributed by atoms with Crippen molar-refractivity contribution in [1.82, 2.24) is 15.5 Å². The van der Waals surface area contributed by atoms with Crippen LogP contribution in [0.25, 0.3) is 0 Å². The van der Waals surface area contributed by atoms with Crippen molar-refractivity contribution in [1.29, 1.82) is 0 Å². The Kier molecular flexibility index (Phi) is 9.35. The molecule has 3 fully saturated rings. The third kappa shape index (κ3) is 5.48. The fourth-order valence-corrected chi connectivity index (χ4v) is 4.84. The number of amides is 1. The molecule has 0 aromatic heterocycles. The van der Waals surface area contributed by atoms with Gasteiger partial charge in [-0.25, -0.2) is 0 Å². The van der Waals surface area contributed by atoms with Crippen LogP contribution in [0.1, 0.15) is 58.3 Å². The molecule has 4 atom stereocenters. The SMILES string of the molecule is CC(CC(=O)NC1CC2CCCC(C1)N2C)C1CCCNC1.Cl.Cl. The summed E-state index contributed by atoms with van der Waals surface area (Å²) in [5.41, 5.74) is 0. The third-order valence-electron chi connectivity index (χ3n) is 6.35. The Morgan fingerprint density at radius 3 is 2.42 bits per heavy atom. The predicted octanol–water partition coefficient (Wildman–Crippen LogP) is 2.99. The second kappa shape index (κ2) is 10.2. The highest BCUT2D eigenvalue weighted by Gasteiger charge is 2.36. The summed E-state index contributed by atoms with van der Waals surface area (Å²) in [7, 11) is 2.27. The van der Waals surface area contributed by atoms with Gasteiger partial charge in [-0.05, 0) is 70.5 Å². The highest BCUT2D eigenvalue weighted by Crippen LogP contribution is 2.32. The van der Waals surface area contributed by atoms with Gasteiger partial charge in [0.15, 0.2) is 0 Å². The van der Waals surface area contributed by atoms with Crippen LogP contribution in [0.4, 0.5) is 0 Å². The molecule has 3 rings (SSSR count). The van der Waals surface area contributed by atoms with E-state index in [0.717, 1.165) is 25.9 Å². The van der Waals surface area contributed by atoms with Gasteiger partial charge in [0.25, 0.3) is 0 Å². The molecule has 0 aliphatic carbocycles. The monoisotopic (exact) mass is 379 g/mol. The maximum absolute atomic E-state index is 12.4. The highest BCUT2D eigenvalue weighted by molar-refractivity contribution is 5.85. The Balaban J connectivity index is 0.00000144. The van der Waals surface area contributed by atoms with Gasteiger partial charge < -0.3 is 15.5 Å². The van der Waals surface area contributed by atoms with Crippen LogP contribution in [-0.4, -0.2) is 49.1 Å².